The average molecular weight is 348 g/mol. The molecule has 0 radical (unpaired) electrons. The van der Waals surface area contributed by atoms with Gasteiger partial charge in [0.15, 0.2) is 0 Å². The van der Waals surface area contributed by atoms with Crippen LogP contribution in [0, 0.1) is 0 Å². The lowest BCUT2D eigenvalue weighted by Crippen LogP contribution is -2.05. The molecule has 130 valence electrons. The number of nitrogens with two attached hydrogens (primary N) is 2. The van der Waals surface area contributed by atoms with E-state index in [1.54, 1.807) is 48.5 Å². The summed E-state index contributed by atoms with van der Waals surface area (Å²) in [6, 6.07) is 16.7. The van der Waals surface area contributed by atoms with Crippen LogP contribution >= 0.6 is 0 Å². The lowest BCUT2D eigenvalue weighted by Gasteiger charge is -2.15. The molecule has 0 aliphatic rings. The van der Waals surface area contributed by atoms with Crippen LogP contribution in [0.3, 0.4) is 0 Å². The molecule has 0 aliphatic carbocycles. The molecule has 0 bridgehead atoms. The largest absolute Gasteiger partial charge is 0.478 e. The van der Waals surface area contributed by atoms with Crippen molar-refractivity contribution in [3.05, 3.63) is 71.8 Å². The topological polar surface area (TPSA) is 127 Å². The third-order valence-electron chi connectivity index (χ3n) is 4.18. The van der Waals surface area contributed by atoms with E-state index in [1.165, 1.54) is 12.1 Å². The first kappa shape index (κ1) is 17.0. The molecule has 3 aromatic carbocycles. The normalized spacial score (nSPS) is 10.5. The number of carboxylic acids is 2. The van der Waals surface area contributed by atoms with E-state index in [-0.39, 0.29) is 22.5 Å². The van der Waals surface area contributed by atoms with E-state index < -0.39 is 11.9 Å². The predicted octanol–water partition coefficient (Wildman–Crippen LogP) is 3.58. The Balaban J connectivity index is 2.27. The first-order chi connectivity index (χ1) is 12.4. The Bertz CT molecular complexity index is 946. The molecule has 0 amide bonds. The minimum atomic E-state index is -1.12. The Hall–Kier alpha value is -3.80. The Labute approximate surface area is 149 Å². The van der Waals surface area contributed by atoms with E-state index in [2.05, 4.69) is 0 Å². The van der Waals surface area contributed by atoms with Gasteiger partial charge in [-0.05, 0) is 23.3 Å². The van der Waals surface area contributed by atoms with Crippen molar-refractivity contribution in [3.63, 3.8) is 0 Å². The lowest BCUT2D eigenvalue weighted by molar-refractivity contribution is 0.0687. The highest BCUT2D eigenvalue weighted by molar-refractivity contribution is 6.03. The van der Waals surface area contributed by atoms with Gasteiger partial charge in [-0.15, -0.1) is 0 Å². The average Bonchev–Trinajstić information content (AvgIpc) is 2.62. The zero-order chi connectivity index (χ0) is 18.8. The SMILES string of the molecule is Nc1c(C(=O)O)cccc1-c1ccccc1-c1cccc(C(=O)O)c1N. The van der Waals surface area contributed by atoms with E-state index >= 15 is 0 Å². The first-order valence-electron chi connectivity index (χ1n) is 7.75. The quantitative estimate of drug-likeness (QED) is 0.534. The number of carboxylic acid groups (broad SMARTS) is 2. The molecule has 0 heterocycles. The van der Waals surface area contributed by atoms with Crippen molar-refractivity contribution in [2.45, 2.75) is 0 Å². The van der Waals surface area contributed by atoms with Crippen LogP contribution in [0.2, 0.25) is 0 Å². The van der Waals surface area contributed by atoms with Crippen molar-refractivity contribution >= 4 is 23.3 Å². The van der Waals surface area contributed by atoms with Crippen molar-refractivity contribution < 1.29 is 19.8 Å². The highest BCUT2D eigenvalue weighted by Crippen LogP contribution is 2.39. The molecule has 0 saturated carbocycles. The third kappa shape index (κ3) is 2.84. The van der Waals surface area contributed by atoms with Gasteiger partial charge in [0.2, 0.25) is 0 Å². The highest BCUT2D eigenvalue weighted by atomic mass is 16.4. The van der Waals surface area contributed by atoms with Gasteiger partial charge in [0, 0.05) is 11.1 Å². The molecule has 6 nitrogen and oxygen atoms in total. The Morgan fingerprint density at radius 1 is 0.577 bits per heavy atom. The minimum absolute atomic E-state index is 0.00422. The monoisotopic (exact) mass is 348 g/mol. The summed E-state index contributed by atoms with van der Waals surface area (Å²) in [5.74, 6) is -2.23. The predicted molar refractivity (Wildman–Crippen MR) is 100 cm³/mol. The number of rotatable bonds is 4. The zero-order valence-corrected chi connectivity index (χ0v) is 13.6. The lowest BCUT2D eigenvalue weighted by atomic mass is 9.91. The zero-order valence-electron chi connectivity index (χ0n) is 13.6. The minimum Gasteiger partial charge on any atom is -0.478 e. The van der Waals surface area contributed by atoms with Crippen molar-refractivity contribution in [2.75, 3.05) is 11.5 Å². The number of nitrogen functional groups attached to an aromatic ring is 2. The van der Waals surface area contributed by atoms with Crippen molar-refractivity contribution in [2.24, 2.45) is 0 Å². The maximum Gasteiger partial charge on any atom is 0.337 e. The maximum absolute atomic E-state index is 11.4. The summed E-state index contributed by atoms with van der Waals surface area (Å²) < 4.78 is 0. The summed E-state index contributed by atoms with van der Waals surface area (Å²) >= 11 is 0. The second-order valence-corrected chi connectivity index (χ2v) is 5.69. The number of hydrogen-bond acceptors (Lipinski definition) is 4. The molecule has 0 aliphatic heterocycles. The van der Waals surface area contributed by atoms with Gasteiger partial charge in [-0.3, -0.25) is 0 Å². The number of hydrogen-bond donors (Lipinski definition) is 4. The maximum atomic E-state index is 11.4. The van der Waals surface area contributed by atoms with Crippen LogP contribution in [-0.4, -0.2) is 22.2 Å². The molecular formula is C20H16N2O4. The van der Waals surface area contributed by atoms with Gasteiger partial charge in [0.05, 0.1) is 22.5 Å². The first-order valence-corrected chi connectivity index (χ1v) is 7.75. The molecule has 0 spiro atoms. The van der Waals surface area contributed by atoms with E-state index in [1.807, 2.05) is 0 Å². The summed E-state index contributed by atoms with van der Waals surface area (Å²) in [5, 5.41) is 18.6. The number of anilines is 2. The Morgan fingerprint density at radius 3 is 1.27 bits per heavy atom. The Kier molecular flexibility index (Phi) is 4.33. The van der Waals surface area contributed by atoms with Gasteiger partial charge < -0.3 is 21.7 Å². The van der Waals surface area contributed by atoms with Crippen molar-refractivity contribution in [1.29, 1.82) is 0 Å². The molecule has 6 heteroatoms. The van der Waals surface area contributed by atoms with Crippen molar-refractivity contribution in [1.82, 2.24) is 0 Å². The van der Waals surface area contributed by atoms with Crippen LogP contribution in [-0.2, 0) is 0 Å². The van der Waals surface area contributed by atoms with E-state index in [4.69, 9.17) is 11.5 Å². The van der Waals surface area contributed by atoms with Crippen LogP contribution in [0.4, 0.5) is 11.4 Å². The third-order valence-corrected chi connectivity index (χ3v) is 4.18. The van der Waals surface area contributed by atoms with Crippen LogP contribution in [0.5, 0.6) is 0 Å². The molecule has 6 N–H and O–H groups in total. The fourth-order valence-corrected chi connectivity index (χ4v) is 2.93. The van der Waals surface area contributed by atoms with Crippen molar-refractivity contribution in [3.8, 4) is 22.3 Å². The van der Waals surface area contributed by atoms with Crippen LogP contribution < -0.4 is 11.5 Å². The fraction of sp³-hybridized carbons (Fsp3) is 0. The fourth-order valence-electron chi connectivity index (χ4n) is 2.93. The van der Waals surface area contributed by atoms with E-state index in [9.17, 15) is 19.8 Å². The number of carbonyl (C=O) groups is 2. The van der Waals surface area contributed by atoms with Crippen LogP contribution in [0.25, 0.3) is 22.3 Å². The van der Waals surface area contributed by atoms with Gasteiger partial charge >= 0.3 is 11.9 Å². The smallest absolute Gasteiger partial charge is 0.337 e. The summed E-state index contributed by atoms with van der Waals surface area (Å²) in [4.78, 5) is 22.7. The molecule has 26 heavy (non-hydrogen) atoms. The molecule has 0 saturated heterocycles. The summed E-state index contributed by atoms with van der Waals surface area (Å²) in [5.41, 5.74) is 14.9. The van der Waals surface area contributed by atoms with Gasteiger partial charge in [0.25, 0.3) is 0 Å². The molecule has 0 fully saturated rings. The van der Waals surface area contributed by atoms with E-state index in [0.717, 1.165) is 0 Å². The molecule has 3 rings (SSSR count). The van der Waals surface area contributed by atoms with Gasteiger partial charge in [-0.25, -0.2) is 9.59 Å². The summed E-state index contributed by atoms with van der Waals surface area (Å²) in [6.07, 6.45) is 0. The van der Waals surface area contributed by atoms with Crippen LogP contribution in [0.1, 0.15) is 20.7 Å². The van der Waals surface area contributed by atoms with E-state index in [0.29, 0.717) is 22.3 Å². The molecular weight excluding hydrogens is 332 g/mol. The standard InChI is InChI=1S/C20H16N2O4/c21-17-13(7-3-9-15(17)19(23)24)11-5-1-2-6-12(11)14-8-4-10-16(18(14)22)20(25)26/h1-10H,21-22H2,(H,23,24)(H,25,26). The highest BCUT2D eigenvalue weighted by Gasteiger charge is 2.18. The summed E-state index contributed by atoms with van der Waals surface area (Å²) in [7, 11) is 0. The molecule has 3 aromatic rings. The second kappa shape index (κ2) is 6.60. The molecule has 0 atom stereocenters. The Morgan fingerprint density at radius 2 is 0.923 bits per heavy atom. The van der Waals surface area contributed by atoms with Crippen LogP contribution in [0.15, 0.2) is 60.7 Å². The van der Waals surface area contributed by atoms with Gasteiger partial charge in [-0.2, -0.15) is 0 Å². The van der Waals surface area contributed by atoms with Gasteiger partial charge in [-0.1, -0.05) is 48.5 Å². The number of aromatic carboxylic acids is 2. The molecule has 0 unspecified atom stereocenters. The van der Waals surface area contributed by atoms with Gasteiger partial charge in [0.1, 0.15) is 0 Å². The number of benzene rings is 3. The molecule has 0 aromatic heterocycles. The second-order valence-electron chi connectivity index (χ2n) is 5.69. The summed E-state index contributed by atoms with van der Waals surface area (Å²) in [6.45, 7) is 0. The number of para-hydroxylation sites is 2.